The zero-order chi connectivity index (χ0) is 13.0. The third kappa shape index (κ3) is 3.42. The van der Waals surface area contributed by atoms with Crippen molar-refractivity contribution in [1.29, 1.82) is 0 Å². The standard InChI is InChI=1S/C13H24N4S/c1-4-17-8-6-5-7-11(17)9-14-13-16-15-12(18-13)10(2)3/h10-11H,4-9H2,1-3H3,(H,14,16)/t11-/m0/s1. The van der Waals surface area contributed by atoms with Crippen LogP contribution in [0, 0.1) is 0 Å². The number of nitrogens with zero attached hydrogens (tertiary/aromatic N) is 3. The highest BCUT2D eigenvalue weighted by Gasteiger charge is 2.20. The molecule has 18 heavy (non-hydrogen) atoms. The molecular formula is C13H24N4S. The molecule has 0 bridgehead atoms. The Morgan fingerprint density at radius 1 is 1.39 bits per heavy atom. The molecule has 1 aromatic rings. The van der Waals surface area contributed by atoms with Crippen LogP contribution in [0.3, 0.4) is 0 Å². The van der Waals surface area contributed by atoms with Crippen LogP contribution < -0.4 is 5.32 Å². The molecule has 0 unspecified atom stereocenters. The number of aromatic nitrogens is 2. The van der Waals surface area contributed by atoms with Gasteiger partial charge in [-0.05, 0) is 25.9 Å². The van der Waals surface area contributed by atoms with Gasteiger partial charge in [0, 0.05) is 18.5 Å². The summed E-state index contributed by atoms with van der Waals surface area (Å²) in [6.45, 7) is 9.96. The molecule has 1 N–H and O–H groups in total. The first-order chi connectivity index (χ1) is 8.70. The largest absolute Gasteiger partial charge is 0.359 e. The highest BCUT2D eigenvalue weighted by molar-refractivity contribution is 7.15. The number of hydrogen-bond acceptors (Lipinski definition) is 5. The molecule has 1 saturated heterocycles. The summed E-state index contributed by atoms with van der Waals surface area (Å²) in [5, 5.41) is 14.0. The second kappa shape index (κ2) is 6.48. The van der Waals surface area contributed by atoms with Crippen molar-refractivity contribution in [2.75, 3.05) is 25.0 Å². The van der Waals surface area contributed by atoms with E-state index >= 15 is 0 Å². The average molecular weight is 268 g/mol. The number of likely N-dealkylation sites (tertiary alicyclic amines) is 1. The predicted molar refractivity (Wildman–Crippen MR) is 77.4 cm³/mol. The lowest BCUT2D eigenvalue weighted by molar-refractivity contribution is 0.164. The molecule has 0 spiro atoms. The molecule has 0 aliphatic carbocycles. The maximum atomic E-state index is 4.21. The Labute approximate surface area is 114 Å². The lowest BCUT2D eigenvalue weighted by Crippen LogP contribution is -2.43. The number of hydrogen-bond donors (Lipinski definition) is 1. The van der Waals surface area contributed by atoms with Gasteiger partial charge < -0.3 is 5.32 Å². The number of rotatable bonds is 5. The molecule has 2 rings (SSSR count). The number of nitrogens with one attached hydrogen (secondary N) is 1. The van der Waals surface area contributed by atoms with E-state index in [1.807, 2.05) is 0 Å². The second-order valence-electron chi connectivity index (χ2n) is 5.26. The van der Waals surface area contributed by atoms with Crippen LogP contribution in [-0.4, -0.2) is 40.8 Å². The molecule has 0 aromatic carbocycles. The van der Waals surface area contributed by atoms with E-state index in [1.54, 1.807) is 11.3 Å². The molecule has 0 amide bonds. The Morgan fingerprint density at radius 2 is 2.22 bits per heavy atom. The van der Waals surface area contributed by atoms with Crippen molar-refractivity contribution in [2.45, 2.75) is 52.0 Å². The second-order valence-corrected chi connectivity index (χ2v) is 6.27. The molecule has 0 radical (unpaired) electrons. The van der Waals surface area contributed by atoms with Gasteiger partial charge in [0.05, 0.1) is 0 Å². The predicted octanol–water partition coefficient (Wildman–Crippen LogP) is 2.95. The summed E-state index contributed by atoms with van der Waals surface area (Å²) in [7, 11) is 0. The van der Waals surface area contributed by atoms with Gasteiger partial charge in [-0.25, -0.2) is 0 Å². The smallest absolute Gasteiger partial charge is 0.205 e. The van der Waals surface area contributed by atoms with E-state index in [-0.39, 0.29) is 0 Å². The highest BCUT2D eigenvalue weighted by atomic mass is 32.1. The molecule has 5 heteroatoms. The zero-order valence-corrected chi connectivity index (χ0v) is 12.5. The summed E-state index contributed by atoms with van der Waals surface area (Å²) in [5.41, 5.74) is 0. The van der Waals surface area contributed by atoms with Gasteiger partial charge in [0.25, 0.3) is 0 Å². The van der Waals surface area contributed by atoms with Gasteiger partial charge in [-0.3, -0.25) is 4.90 Å². The Bertz CT molecular complexity index is 364. The van der Waals surface area contributed by atoms with E-state index in [0.29, 0.717) is 12.0 Å². The Kier molecular flexibility index (Phi) is 4.95. The number of likely N-dealkylation sites (N-methyl/N-ethyl adjacent to an activating group) is 1. The van der Waals surface area contributed by atoms with Crippen LogP contribution in [0.2, 0.25) is 0 Å². The first kappa shape index (κ1) is 13.7. The summed E-state index contributed by atoms with van der Waals surface area (Å²) in [6, 6.07) is 0.662. The van der Waals surface area contributed by atoms with Gasteiger partial charge >= 0.3 is 0 Å². The topological polar surface area (TPSA) is 41.0 Å². The van der Waals surface area contributed by atoms with Crippen LogP contribution in [0.5, 0.6) is 0 Å². The zero-order valence-electron chi connectivity index (χ0n) is 11.6. The van der Waals surface area contributed by atoms with Crippen LogP contribution in [0.1, 0.15) is 51.0 Å². The van der Waals surface area contributed by atoms with Crippen molar-refractivity contribution in [3.8, 4) is 0 Å². The van der Waals surface area contributed by atoms with Crippen LogP contribution in [0.15, 0.2) is 0 Å². The first-order valence-electron chi connectivity index (χ1n) is 7.02. The monoisotopic (exact) mass is 268 g/mol. The van der Waals surface area contributed by atoms with Crippen LogP contribution in [0.4, 0.5) is 5.13 Å². The van der Waals surface area contributed by atoms with Gasteiger partial charge in [0.15, 0.2) is 0 Å². The van der Waals surface area contributed by atoms with Crippen molar-refractivity contribution in [2.24, 2.45) is 0 Å². The number of anilines is 1. The minimum atomic E-state index is 0.472. The fraction of sp³-hybridized carbons (Fsp3) is 0.846. The van der Waals surface area contributed by atoms with E-state index in [2.05, 4.69) is 41.2 Å². The van der Waals surface area contributed by atoms with Crippen molar-refractivity contribution < 1.29 is 0 Å². The van der Waals surface area contributed by atoms with Gasteiger partial charge in [0.1, 0.15) is 5.01 Å². The summed E-state index contributed by atoms with van der Waals surface area (Å²) in [4.78, 5) is 2.57. The lowest BCUT2D eigenvalue weighted by Gasteiger charge is -2.34. The fourth-order valence-electron chi connectivity index (χ4n) is 2.45. The van der Waals surface area contributed by atoms with E-state index < -0.39 is 0 Å². The van der Waals surface area contributed by atoms with Gasteiger partial charge in [0.2, 0.25) is 5.13 Å². The minimum absolute atomic E-state index is 0.472. The van der Waals surface area contributed by atoms with Crippen molar-refractivity contribution in [3.63, 3.8) is 0 Å². The molecule has 4 nitrogen and oxygen atoms in total. The maximum absolute atomic E-state index is 4.21. The average Bonchev–Trinajstić information content (AvgIpc) is 2.85. The maximum Gasteiger partial charge on any atom is 0.205 e. The summed E-state index contributed by atoms with van der Waals surface area (Å²) in [6.07, 6.45) is 4.01. The minimum Gasteiger partial charge on any atom is -0.359 e. The van der Waals surface area contributed by atoms with E-state index in [1.165, 1.54) is 25.8 Å². The van der Waals surface area contributed by atoms with Crippen LogP contribution >= 0.6 is 11.3 Å². The van der Waals surface area contributed by atoms with Crippen molar-refractivity contribution in [1.82, 2.24) is 15.1 Å². The highest BCUT2D eigenvalue weighted by Crippen LogP contribution is 2.23. The number of piperidine rings is 1. The quantitative estimate of drug-likeness (QED) is 0.891. The van der Waals surface area contributed by atoms with Crippen LogP contribution in [0.25, 0.3) is 0 Å². The SMILES string of the molecule is CCN1CCCC[C@H]1CNc1nnc(C(C)C)s1. The van der Waals surface area contributed by atoms with Gasteiger partial charge in [-0.15, -0.1) is 10.2 Å². The third-order valence-corrected chi connectivity index (χ3v) is 4.76. The third-order valence-electron chi connectivity index (χ3n) is 3.58. The summed E-state index contributed by atoms with van der Waals surface area (Å²) in [5.74, 6) is 0.472. The van der Waals surface area contributed by atoms with E-state index in [4.69, 9.17) is 0 Å². The molecule has 102 valence electrons. The molecule has 1 aliphatic rings. The first-order valence-corrected chi connectivity index (χ1v) is 7.83. The van der Waals surface area contributed by atoms with Crippen molar-refractivity contribution in [3.05, 3.63) is 5.01 Å². The summed E-state index contributed by atoms with van der Waals surface area (Å²) >= 11 is 1.69. The molecule has 1 aliphatic heterocycles. The normalized spacial score (nSPS) is 21.4. The van der Waals surface area contributed by atoms with Crippen LogP contribution in [-0.2, 0) is 0 Å². The Balaban J connectivity index is 1.85. The Hall–Kier alpha value is -0.680. The van der Waals surface area contributed by atoms with E-state index in [9.17, 15) is 0 Å². The Morgan fingerprint density at radius 3 is 2.89 bits per heavy atom. The molecular weight excluding hydrogens is 244 g/mol. The summed E-state index contributed by atoms with van der Waals surface area (Å²) < 4.78 is 0. The molecule has 2 heterocycles. The molecule has 1 aromatic heterocycles. The van der Waals surface area contributed by atoms with E-state index in [0.717, 1.165) is 23.2 Å². The fourth-order valence-corrected chi connectivity index (χ4v) is 3.20. The van der Waals surface area contributed by atoms with Gasteiger partial charge in [-0.2, -0.15) is 0 Å². The molecule has 1 fully saturated rings. The van der Waals surface area contributed by atoms with Gasteiger partial charge in [-0.1, -0.05) is 38.5 Å². The molecule has 0 saturated carbocycles. The van der Waals surface area contributed by atoms with Crippen molar-refractivity contribution >= 4 is 16.5 Å². The lowest BCUT2D eigenvalue weighted by atomic mass is 10.0. The molecule has 1 atom stereocenters.